The van der Waals surface area contributed by atoms with Crippen molar-refractivity contribution in [3.05, 3.63) is 76.9 Å². The van der Waals surface area contributed by atoms with Crippen molar-refractivity contribution in [1.29, 1.82) is 0 Å². The van der Waals surface area contributed by atoms with Crippen molar-refractivity contribution in [3.8, 4) is 5.75 Å². The number of esters is 1. The normalized spacial score (nSPS) is 24.0. The molecule has 256 valence electrons. The predicted octanol–water partition coefficient (Wildman–Crippen LogP) is 9.38. The van der Waals surface area contributed by atoms with E-state index in [0.717, 1.165) is 35.3 Å². The molecule has 1 aliphatic heterocycles. The molecule has 1 aromatic carbocycles. The fourth-order valence-electron chi connectivity index (χ4n) is 6.30. The maximum Gasteiger partial charge on any atom is 0.331 e. The second kappa shape index (κ2) is 17.1. The first-order chi connectivity index (χ1) is 21.7. The zero-order valence-electron chi connectivity index (χ0n) is 30.2. The van der Waals surface area contributed by atoms with Gasteiger partial charge in [-0.15, -0.1) is 0 Å². The Kier molecular flexibility index (Phi) is 14.1. The third kappa shape index (κ3) is 10.5. The first kappa shape index (κ1) is 38.0. The van der Waals surface area contributed by atoms with Gasteiger partial charge in [0.15, 0.2) is 8.32 Å². The van der Waals surface area contributed by atoms with Gasteiger partial charge < -0.3 is 23.4 Å². The molecule has 7 heteroatoms. The molecule has 0 unspecified atom stereocenters. The number of benzene rings is 1. The van der Waals surface area contributed by atoms with E-state index in [1.54, 1.807) is 13.2 Å². The van der Waals surface area contributed by atoms with Gasteiger partial charge in [-0.25, -0.2) is 4.79 Å². The first-order valence-electron chi connectivity index (χ1n) is 17.1. The van der Waals surface area contributed by atoms with Crippen LogP contribution in [-0.4, -0.2) is 53.4 Å². The molecule has 2 aliphatic rings. The summed E-state index contributed by atoms with van der Waals surface area (Å²) in [5.74, 6) is 1.62. The minimum atomic E-state index is -1.95. The summed E-state index contributed by atoms with van der Waals surface area (Å²) in [5.41, 5.74) is 5.76. The number of ether oxygens (including phenoxy) is 4. The lowest BCUT2D eigenvalue weighted by atomic mass is 9.70. The van der Waals surface area contributed by atoms with Gasteiger partial charge in [0.05, 0.1) is 32.5 Å². The van der Waals surface area contributed by atoms with Gasteiger partial charge in [0.25, 0.3) is 0 Å². The summed E-state index contributed by atoms with van der Waals surface area (Å²) in [6, 6.07) is 7.92. The highest BCUT2D eigenvalue weighted by Crippen LogP contribution is 2.47. The number of carbonyl (C=O) groups excluding carboxylic acids is 1. The van der Waals surface area contributed by atoms with Crippen molar-refractivity contribution in [3.63, 3.8) is 0 Å². The van der Waals surface area contributed by atoms with Gasteiger partial charge in [-0.1, -0.05) is 69.7 Å². The molecule has 0 aromatic heterocycles. The van der Waals surface area contributed by atoms with Gasteiger partial charge in [0.2, 0.25) is 0 Å². The molecule has 0 spiro atoms. The van der Waals surface area contributed by atoms with Gasteiger partial charge in [-0.05, 0) is 105 Å². The number of hydrogen-bond acceptors (Lipinski definition) is 6. The topological polar surface area (TPSA) is 63.2 Å². The Balaban J connectivity index is 1.85. The molecule has 46 heavy (non-hydrogen) atoms. The zero-order valence-corrected chi connectivity index (χ0v) is 31.2. The Morgan fingerprint density at radius 3 is 2.41 bits per heavy atom. The largest absolute Gasteiger partial charge is 0.497 e. The number of rotatable bonds is 16. The number of fused-ring (bicyclic) bond motifs is 1. The van der Waals surface area contributed by atoms with Gasteiger partial charge in [-0.3, -0.25) is 0 Å². The molecule has 5 atom stereocenters. The maximum absolute atomic E-state index is 12.9. The average molecular weight is 653 g/mol. The molecule has 3 rings (SSSR count). The highest BCUT2D eigenvalue weighted by atomic mass is 28.4. The SMILES string of the molecule is C=C(C)[C@@H]1CC(C)=C[C@H]2O[C@@H](/C=C(CCO[Si](C)(C)C(C)(C)C)/C(=C/C(=O)OCC)CCCOCc3ccc(OC)cc3)[C@H](C)[C@H]21. The Morgan fingerprint density at radius 1 is 1.11 bits per heavy atom. The molecule has 1 saturated heterocycles. The number of carbonyl (C=O) groups is 1. The average Bonchev–Trinajstić information content (AvgIpc) is 3.29. The Bertz CT molecular complexity index is 1250. The molecule has 0 amide bonds. The van der Waals surface area contributed by atoms with E-state index < -0.39 is 8.32 Å². The van der Waals surface area contributed by atoms with E-state index in [1.807, 2.05) is 31.2 Å². The first-order valence-corrected chi connectivity index (χ1v) is 20.0. The highest BCUT2D eigenvalue weighted by molar-refractivity contribution is 6.74. The molecule has 0 N–H and O–H groups in total. The molecular weight excluding hydrogens is 593 g/mol. The van der Waals surface area contributed by atoms with Crippen LogP contribution in [0, 0.1) is 17.8 Å². The molecule has 6 nitrogen and oxygen atoms in total. The predicted molar refractivity (Wildman–Crippen MR) is 190 cm³/mol. The molecule has 0 bridgehead atoms. The summed E-state index contributed by atoms with van der Waals surface area (Å²) >= 11 is 0. The van der Waals surface area contributed by atoms with Gasteiger partial charge in [0, 0.05) is 25.2 Å². The summed E-state index contributed by atoms with van der Waals surface area (Å²) in [5, 5.41) is 0.113. The van der Waals surface area contributed by atoms with Crippen LogP contribution in [0.2, 0.25) is 18.1 Å². The van der Waals surface area contributed by atoms with Crippen molar-refractivity contribution in [2.45, 2.75) is 111 Å². The second-order valence-corrected chi connectivity index (χ2v) is 19.5. The van der Waals surface area contributed by atoms with Crippen LogP contribution < -0.4 is 4.74 Å². The van der Waals surface area contributed by atoms with E-state index in [0.29, 0.717) is 57.0 Å². The van der Waals surface area contributed by atoms with E-state index in [2.05, 4.69) is 73.4 Å². The molecule has 1 aromatic rings. The van der Waals surface area contributed by atoms with Crippen molar-refractivity contribution in [2.24, 2.45) is 17.8 Å². The fraction of sp³-hybridized carbons (Fsp3) is 0.615. The molecule has 0 saturated carbocycles. The van der Waals surface area contributed by atoms with Crippen LogP contribution in [0.3, 0.4) is 0 Å². The third-order valence-electron chi connectivity index (χ3n) is 10.1. The van der Waals surface area contributed by atoms with E-state index in [1.165, 1.54) is 11.1 Å². The third-order valence-corrected chi connectivity index (χ3v) is 14.6. The van der Waals surface area contributed by atoms with Gasteiger partial charge in [-0.2, -0.15) is 0 Å². The Labute approximate surface area is 280 Å². The molecule has 1 aliphatic carbocycles. The zero-order chi connectivity index (χ0) is 34.1. The fourth-order valence-corrected chi connectivity index (χ4v) is 7.34. The summed E-state index contributed by atoms with van der Waals surface area (Å²) < 4.78 is 30.1. The molecular formula is C39H60O6Si. The monoisotopic (exact) mass is 652 g/mol. The highest BCUT2D eigenvalue weighted by Gasteiger charge is 2.46. The van der Waals surface area contributed by atoms with Crippen LogP contribution in [0.25, 0.3) is 0 Å². The Morgan fingerprint density at radius 2 is 1.80 bits per heavy atom. The lowest BCUT2D eigenvalue weighted by Crippen LogP contribution is -2.41. The summed E-state index contributed by atoms with van der Waals surface area (Å²) in [6.45, 7) is 26.2. The van der Waals surface area contributed by atoms with Crippen LogP contribution in [0.1, 0.15) is 79.7 Å². The van der Waals surface area contributed by atoms with Crippen molar-refractivity contribution >= 4 is 14.3 Å². The van der Waals surface area contributed by atoms with Gasteiger partial charge in [0.1, 0.15) is 5.75 Å². The van der Waals surface area contributed by atoms with Crippen LogP contribution in [0.4, 0.5) is 0 Å². The van der Waals surface area contributed by atoms with Crippen molar-refractivity contribution in [1.82, 2.24) is 0 Å². The van der Waals surface area contributed by atoms with Gasteiger partial charge >= 0.3 is 5.97 Å². The molecule has 1 fully saturated rings. The molecule has 1 heterocycles. The lowest BCUT2D eigenvalue weighted by molar-refractivity contribution is -0.137. The summed E-state index contributed by atoms with van der Waals surface area (Å²) in [4.78, 5) is 12.9. The summed E-state index contributed by atoms with van der Waals surface area (Å²) in [6.07, 6.45) is 9.47. The van der Waals surface area contributed by atoms with E-state index in [4.69, 9.17) is 23.4 Å². The minimum Gasteiger partial charge on any atom is -0.497 e. The van der Waals surface area contributed by atoms with Crippen molar-refractivity contribution < 1.29 is 28.2 Å². The Hall–Kier alpha value is -2.45. The smallest absolute Gasteiger partial charge is 0.331 e. The second-order valence-electron chi connectivity index (χ2n) is 14.6. The van der Waals surface area contributed by atoms with E-state index in [-0.39, 0.29) is 23.2 Å². The van der Waals surface area contributed by atoms with E-state index >= 15 is 0 Å². The van der Waals surface area contributed by atoms with Crippen LogP contribution in [-0.2, 0) is 30.0 Å². The number of hydrogen-bond donors (Lipinski definition) is 0. The standard InChI is InChI=1S/C39H60O6Si/c1-12-43-37(40)25-31(14-13-20-42-26-30-15-17-33(41-9)18-16-30)32(19-21-44-46(10,11)39(6,7)8)24-35-29(5)38-34(27(2)3)22-28(4)23-36(38)45-35/h15-18,23-25,29,34-36,38H,2,12-14,19-22,26H2,1,3-11H3/b31-25+,32-24+/t29-,34-,35-,36+,38-/m0/s1. The van der Waals surface area contributed by atoms with Crippen LogP contribution in [0.5, 0.6) is 5.75 Å². The number of methoxy groups -OCH3 is 1. The van der Waals surface area contributed by atoms with Crippen molar-refractivity contribution in [2.75, 3.05) is 26.9 Å². The van der Waals surface area contributed by atoms with Crippen LogP contribution >= 0.6 is 0 Å². The maximum atomic E-state index is 12.9. The quantitative estimate of drug-likeness (QED) is 0.0443. The summed E-state index contributed by atoms with van der Waals surface area (Å²) in [7, 11) is -0.288. The van der Waals surface area contributed by atoms with E-state index in [9.17, 15) is 4.79 Å². The number of allylic oxidation sites excluding steroid dienone is 3. The molecule has 0 radical (unpaired) electrons. The lowest BCUT2D eigenvalue weighted by Gasteiger charge is -2.36. The van der Waals surface area contributed by atoms with Crippen LogP contribution in [0.15, 0.2) is 71.4 Å². The minimum absolute atomic E-state index is 0.0697.